The zero-order chi connectivity index (χ0) is 11.4. The summed E-state index contributed by atoms with van der Waals surface area (Å²) >= 11 is 0. The maximum atomic E-state index is 12.5. The SMILES string of the molecule is CC(C)[C@H](N)C(=O)Nc1ccc(F)cn1. The van der Waals surface area contributed by atoms with Gasteiger partial charge in [0.25, 0.3) is 0 Å². The predicted octanol–water partition coefficient (Wildman–Crippen LogP) is 1.14. The molecule has 0 aliphatic rings. The summed E-state index contributed by atoms with van der Waals surface area (Å²) in [4.78, 5) is 15.2. The van der Waals surface area contributed by atoms with E-state index in [9.17, 15) is 9.18 Å². The Labute approximate surface area is 87.7 Å². The summed E-state index contributed by atoms with van der Waals surface area (Å²) in [6.07, 6.45) is 1.04. The Kier molecular flexibility index (Phi) is 3.74. The number of aromatic nitrogens is 1. The fraction of sp³-hybridized carbons (Fsp3) is 0.400. The molecule has 1 aromatic rings. The van der Waals surface area contributed by atoms with Gasteiger partial charge in [0.15, 0.2) is 0 Å². The largest absolute Gasteiger partial charge is 0.320 e. The lowest BCUT2D eigenvalue weighted by Gasteiger charge is -2.14. The summed E-state index contributed by atoms with van der Waals surface area (Å²) < 4.78 is 12.5. The van der Waals surface area contributed by atoms with Crippen molar-refractivity contribution in [1.82, 2.24) is 4.98 Å². The van der Waals surface area contributed by atoms with Crippen LogP contribution in [0.1, 0.15) is 13.8 Å². The highest BCUT2D eigenvalue weighted by Gasteiger charge is 2.17. The molecule has 3 N–H and O–H groups in total. The number of anilines is 1. The molecule has 1 rings (SSSR count). The second kappa shape index (κ2) is 4.84. The van der Waals surface area contributed by atoms with Crippen molar-refractivity contribution in [2.75, 3.05) is 5.32 Å². The number of nitrogens with two attached hydrogens (primary N) is 1. The van der Waals surface area contributed by atoms with Crippen LogP contribution in [-0.4, -0.2) is 16.9 Å². The van der Waals surface area contributed by atoms with Crippen molar-refractivity contribution in [3.05, 3.63) is 24.1 Å². The monoisotopic (exact) mass is 211 g/mol. The fourth-order valence-electron chi connectivity index (χ4n) is 0.962. The number of hydrogen-bond donors (Lipinski definition) is 2. The molecular formula is C10H14FN3O. The van der Waals surface area contributed by atoms with E-state index in [0.717, 1.165) is 6.20 Å². The number of carbonyl (C=O) groups excluding carboxylic acids is 1. The summed E-state index contributed by atoms with van der Waals surface area (Å²) in [5.41, 5.74) is 5.62. The normalized spacial score (nSPS) is 12.6. The van der Waals surface area contributed by atoms with Crippen LogP contribution in [0, 0.1) is 11.7 Å². The van der Waals surface area contributed by atoms with E-state index in [2.05, 4.69) is 10.3 Å². The number of pyridine rings is 1. The molecule has 82 valence electrons. The highest BCUT2D eigenvalue weighted by Crippen LogP contribution is 2.06. The predicted molar refractivity (Wildman–Crippen MR) is 55.6 cm³/mol. The molecule has 5 heteroatoms. The van der Waals surface area contributed by atoms with Gasteiger partial charge >= 0.3 is 0 Å². The van der Waals surface area contributed by atoms with Crippen molar-refractivity contribution in [3.63, 3.8) is 0 Å². The van der Waals surface area contributed by atoms with Crippen LogP contribution in [0.5, 0.6) is 0 Å². The van der Waals surface area contributed by atoms with Crippen molar-refractivity contribution in [1.29, 1.82) is 0 Å². The van der Waals surface area contributed by atoms with Crippen molar-refractivity contribution in [2.45, 2.75) is 19.9 Å². The highest BCUT2D eigenvalue weighted by molar-refractivity contribution is 5.93. The standard InChI is InChI=1S/C10H14FN3O/c1-6(2)9(12)10(15)14-8-4-3-7(11)5-13-8/h3-6,9H,12H2,1-2H3,(H,13,14,15)/t9-/m0/s1. The van der Waals surface area contributed by atoms with Crippen LogP contribution in [-0.2, 0) is 4.79 Å². The van der Waals surface area contributed by atoms with Crippen LogP contribution < -0.4 is 11.1 Å². The minimum Gasteiger partial charge on any atom is -0.320 e. The van der Waals surface area contributed by atoms with Gasteiger partial charge in [0.2, 0.25) is 5.91 Å². The van der Waals surface area contributed by atoms with E-state index in [1.54, 1.807) is 0 Å². The first-order valence-corrected chi connectivity index (χ1v) is 4.68. The smallest absolute Gasteiger partial charge is 0.242 e. The van der Waals surface area contributed by atoms with Gasteiger partial charge < -0.3 is 11.1 Å². The first kappa shape index (κ1) is 11.6. The molecule has 1 amide bonds. The van der Waals surface area contributed by atoms with E-state index in [1.165, 1.54) is 12.1 Å². The van der Waals surface area contributed by atoms with Crippen molar-refractivity contribution in [2.24, 2.45) is 11.7 Å². The molecule has 0 saturated carbocycles. The third-order valence-corrected chi connectivity index (χ3v) is 2.00. The first-order valence-electron chi connectivity index (χ1n) is 4.68. The molecular weight excluding hydrogens is 197 g/mol. The number of amides is 1. The summed E-state index contributed by atoms with van der Waals surface area (Å²) in [6, 6.07) is 2.03. The van der Waals surface area contributed by atoms with Gasteiger partial charge in [-0.15, -0.1) is 0 Å². The van der Waals surface area contributed by atoms with Gasteiger partial charge in [0.1, 0.15) is 11.6 Å². The molecule has 4 nitrogen and oxygen atoms in total. The third kappa shape index (κ3) is 3.28. The molecule has 0 unspecified atom stereocenters. The molecule has 0 bridgehead atoms. The average Bonchev–Trinajstić information content (AvgIpc) is 2.20. The van der Waals surface area contributed by atoms with E-state index in [4.69, 9.17) is 5.73 Å². The quantitative estimate of drug-likeness (QED) is 0.787. The highest BCUT2D eigenvalue weighted by atomic mass is 19.1. The molecule has 0 radical (unpaired) electrons. The van der Waals surface area contributed by atoms with Gasteiger partial charge in [-0.1, -0.05) is 13.8 Å². The number of carbonyl (C=O) groups is 1. The summed E-state index contributed by atoms with van der Waals surface area (Å²) in [7, 11) is 0. The summed E-state index contributed by atoms with van der Waals surface area (Å²) in [6.45, 7) is 3.70. The zero-order valence-corrected chi connectivity index (χ0v) is 8.70. The molecule has 0 spiro atoms. The number of hydrogen-bond acceptors (Lipinski definition) is 3. The maximum Gasteiger partial charge on any atom is 0.242 e. The third-order valence-electron chi connectivity index (χ3n) is 2.00. The van der Waals surface area contributed by atoms with Crippen LogP contribution in [0.3, 0.4) is 0 Å². The van der Waals surface area contributed by atoms with Crippen molar-refractivity contribution >= 4 is 11.7 Å². The van der Waals surface area contributed by atoms with Gasteiger partial charge in [-0.3, -0.25) is 4.79 Å². The van der Waals surface area contributed by atoms with Crippen LogP contribution in [0.2, 0.25) is 0 Å². The van der Waals surface area contributed by atoms with Crippen LogP contribution in [0.15, 0.2) is 18.3 Å². The Morgan fingerprint density at radius 3 is 2.67 bits per heavy atom. The molecule has 1 aromatic heterocycles. The lowest BCUT2D eigenvalue weighted by molar-refractivity contribution is -0.118. The van der Waals surface area contributed by atoms with Crippen LogP contribution in [0.25, 0.3) is 0 Å². The zero-order valence-electron chi connectivity index (χ0n) is 8.70. The van der Waals surface area contributed by atoms with Gasteiger partial charge in [0.05, 0.1) is 12.2 Å². The van der Waals surface area contributed by atoms with Gasteiger partial charge in [-0.05, 0) is 18.1 Å². The number of nitrogens with zero attached hydrogens (tertiary/aromatic N) is 1. The summed E-state index contributed by atoms with van der Waals surface area (Å²) in [5, 5.41) is 2.51. The van der Waals surface area contributed by atoms with E-state index >= 15 is 0 Å². The Hall–Kier alpha value is -1.49. The maximum absolute atomic E-state index is 12.5. The summed E-state index contributed by atoms with van der Waals surface area (Å²) in [5.74, 6) is -0.409. The van der Waals surface area contributed by atoms with E-state index in [-0.39, 0.29) is 11.8 Å². The second-order valence-electron chi connectivity index (χ2n) is 3.62. The molecule has 1 atom stereocenters. The average molecular weight is 211 g/mol. The van der Waals surface area contributed by atoms with Crippen LogP contribution in [0.4, 0.5) is 10.2 Å². The van der Waals surface area contributed by atoms with E-state index < -0.39 is 11.9 Å². The van der Waals surface area contributed by atoms with Gasteiger partial charge in [-0.2, -0.15) is 0 Å². The van der Waals surface area contributed by atoms with Crippen LogP contribution >= 0.6 is 0 Å². The molecule has 0 fully saturated rings. The van der Waals surface area contributed by atoms with Crippen molar-refractivity contribution in [3.8, 4) is 0 Å². The number of rotatable bonds is 3. The number of halogens is 1. The Bertz CT molecular complexity index is 337. The molecule has 1 heterocycles. The molecule has 0 aromatic carbocycles. The van der Waals surface area contributed by atoms with Gasteiger partial charge in [-0.25, -0.2) is 9.37 Å². The topological polar surface area (TPSA) is 68.0 Å². The van der Waals surface area contributed by atoms with Crippen molar-refractivity contribution < 1.29 is 9.18 Å². The van der Waals surface area contributed by atoms with E-state index in [0.29, 0.717) is 5.82 Å². The Morgan fingerprint density at radius 1 is 1.53 bits per heavy atom. The van der Waals surface area contributed by atoms with Gasteiger partial charge in [0, 0.05) is 0 Å². The first-order chi connectivity index (χ1) is 7.00. The Balaban J connectivity index is 2.62. The second-order valence-corrected chi connectivity index (χ2v) is 3.62. The number of nitrogens with one attached hydrogen (secondary N) is 1. The molecule has 15 heavy (non-hydrogen) atoms. The minimum atomic E-state index is -0.586. The molecule has 0 aliphatic carbocycles. The Morgan fingerprint density at radius 2 is 2.20 bits per heavy atom. The lowest BCUT2D eigenvalue weighted by Crippen LogP contribution is -2.39. The lowest BCUT2D eigenvalue weighted by atomic mass is 10.1. The molecule has 0 saturated heterocycles. The fourth-order valence-corrected chi connectivity index (χ4v) is 0.962. The van der Waals surface area contributed by atoms with E-state index in [1.807, 2.05) is 13.8 Å². The minimum absolute atomic E-state index is 0.0467. The molecule has 0 aliphatic heterocycles.